The SMILES string of the molecule is Cc1cnnc(NCCS(=O)(=O)N(C)C)c1. The van der Waals surface area contributed by atoms with Crippen molar-refractivity contribution in [2.45, 2.75) is 6.92 Å². The topological polar surface area (TPSA) is 75.2 Å². The minimum absolute atomic E-state index is 0.0373. The standard InChI is InChI=1S/C9H16N4O2S/c1-8-6-9(12-11-7-8)10-4-5-16(14,15)13(2)3/h6-7H,4-5H2,1-3H3,(H,10,12). The van der Waals surface area contributed by atoms with Crippen LogP contribution in [0.4, 0.5) is 5.82 Å². The van der Waals surface area contributed by atoms with Crippen LogP contribution in [0.3, 0.4) is 0 Å². The molecule has 0 spiro atoms. The third-order valence-corrected chi connectivity index (χ3v) is 3.85. The summed E-state index contributed by atoms with van der Waals surface area (Å²) in [6.45, 7) is 2.22. The number of aryl methyl sites for hydroxylation is 1. The number of rotatable bonds is 5. The van der Waals surface area contributed by atoms with Crippen LogP contribution >= 0.6 is 0 Å². The largest absolute Gasteiger partial charge is 0.368 e. The summed E-state index contributed by atoms with van der Waals surface area (Å²) in [4.78, 5) is 0. The molecule has 1 aromatic rings. The molecule has 0 bridgehead atoms. The summed E-state index contributed by atoms with van der Waals surface area (Å²) in [5, 5.41) is 10.5. The van der Waals surface area contributed by atoms with Crippen LogP contribution in [0.2, 0.25) is 0 Å². The second-order valence-electron chi connectivity index (χ2n) is 3.64. The monoisotopic (exact) mass is 244 g/mol. The van der Waals surface area contributed by atoms with Crippen molar-refractivity contribution in [3.05, 3.63) is 17.8 Å². The van der Waals surface area contributed by atoms with Crippen molar-refractivity contribution in [1.82, 2.24) is 14.5 Å². The van der Waals surface area contributed by atoms with Crippen molar-refractivity contribution in [3.8, 4) is 0 Å². The molecule has 6 nitrogen and oxygen atoms in total. The second-order valence-corrected chi connectivity index (χ2v) is 5.95. The van der Waals surface area contributed by atoms with Gasteiger partial charge in [-0.1, -0.05) is 0 Å². The highest BCUT2D eigenvalue weighted by atomic mass is 32.2. The predicted octanol–water partition coefficient (Wildman–Crippen LogP) is 0.0883. The first-order chi connectivity index (χ1) is 7.42. The number of anilines is 1. The minimum atomic E-state index is -3.16. The van der Waals surface area contributed by atoms with Gasteiger partial charge in [-0.05, 0) is 18.6 Å². The molecule has 0 saturated carbocycles. The number of aromatic nitrogens is 2. The quantitative estimate of drug-likeness (QED) is 0.794. The fraction of sp³-hybridized carbons (Fsp3) is 0.556. The van der Waals surface area contributed by atoms with Crippen molar-refractivity contribution >= 4 is 15.8 Å². The van der Waals surface area contributed by atoms with Crippen LogP contribution in [0.5, 0.6) is 0 Å². The van der Waals surface area contributed by atoms with E-state index in [0.29, 0.717) is 12.4 Å². The van der Waals surface area contributed by atoms with Gasteiger partial charge in [0.2, 0.25) is 10.0 Å². The van der Waals surface area contributed by atoms with Gasteiger partial charge in [0.25, 0.3) is 0 Å². The highest BCUT2D eigenvalue weighted by Crippen LogP contribution is 2.03. The lowest BCUT2D eigenvalue weighted by atomic mass is 10.3. The van der Waals surface area contributed by atoms with Crippen molar-refractivity contribution < 1.29 is 8.42 Å². The number of sulfonamides is 1. The summed E-state index contributed by atoms with van der Waals surface area (Å²) in [5.41, 5.74) is 0.980. The third kappa shape index (κ3) is 3.74. The maximum Gasteiger partial charge on any atom is 0.215 e. The molecule has 0 amide bonds. The maximum absolute atomic E-state index is 11.4. The summed E-state index contributed by atoms with van der Waals surface area (Å²) < 4.78 is 24.1. The highest BCUT2D eigenvalue weighted by molar-refractivity contribution is 7.89. The Bertz CT molecular complexity index is 445. The molecular formula is C9H16N4O2S. The second kappa shape index (κ2) is 5.22. The smallest absolute Gasteiger partial charge is 0.215 e. The Morgan fingerprint density at radius 1 is 1.44 bits per heavy atom. The zero-order valence-electron chi connectivity index (χ0n) is 9.64. The molecule has 0 radical (unpaired) electrons. The Labute approximate surface area is 95.7 Å². The maximum atomic E-state index is 11.4. The number of nitrogens with zero attached hydrogens (tertiary/aromatic N) is 3. The molecule has 0 unspecified atom stereocenters. The van der Waals surface area contributed by atoms with Crippen molar-refractivity contribution in [3.63, 3.8) is 0 Å². The van der Waals surface area contributed by atoms with E-state index in [1.54, 1.807) is 6.20 Å². The normalized spacial score (nSPS) is 11.8. The Balaban J connectivity index is 2.48. The van der Waals surface area contributed by atoms with Gasteiger partial charge in [-0.3, -0.25) is 0 Å². The van der Waals surface area contributed by atoms with Crippen LogP contribution in [-0.2, 0) is 10.0 Å². The zero-order valence-corrected chi connectivity index (χ0v) is 10.5. The van der Waals surface area contributed by atoms with Gasteiger partial charge in [-0.25, -0.2) is 12.7 Å². The van der Waals surface area contributed by atoms with Crippen LogP contribution in [0.25, 0.3) is 0 Å². The first kappa shape index (κ1) is 12.9. The van der Waals surface area contributed by atoms with E-state index >= 15 is 0 Å². The summed E-state index contributed by atoms with van der Waals surface area (Å²) in [6, 6.07) is 1.81. The number of hydrogen-bond donors (Lipinski definition) is 1. The molecule has 16 heavy (non-hydrogen) atoms. The van der Waals surface area contributed by atoms with Crippen LogP contribution in [0.1, 0.15) is 5.56 Å². The molecule has 0 fully saturated rings. The van der Waals surface area contributed by atoms with Gasteiger partial charge in [0.1, 0.15) is 5.82 Å². The summed E-state index contributed by atoms with van der Waals surface area (Å²) in [5.74, 6) is 0.629. The molecule has 1 N–H and O–H groups in total. The average molecular weight is 244 g/mol. The molecule has 1 aromatic heterocycles. The first-order valence-electron chi connectivity index (χ1n) is 4.85. The van der Waals surface area contributed by atoms with Crippen LogP contribution in [-0.4, -0.2) is 49.3 Å². The predicted molar refractivity (Wildman–Crippen MR) is 62.7 cm³/mol. The Morgan fingerprint density at radius 3 is 2.69 bits per heavy atom. The van der Waals surface area contributed by atoms with E-state index in [9.17, 15) is 8.42 Å². The van der Waals surface area contributed by atoms with Crippen LogP contribution in [0.15, 0.2) is 12.3 Å². The van der Waals surface area contributed by atoms with E-state index in [1.165, 1.54) is 18.4 Å². The van der Waals surface area contributed by atoms with Crippen molar-refractivity contribution in [2.75, 3.05) is 31.7 Å². The van der Waals surface area contributed by atoms with Crippen LogP contribution in [0, 0.1) is 6.92 Å². The number of nitrogens with one attached hydrogen (secondary N) is 1. The van der Waals surface area contributed by atoms with Crippen molar-refractivity contribution in [2.24, 2.45) is 0 Å². The van der Waals surface area contributed by atoms with Gasteiger partial charge in [0.15, 0.2) is 0 Å². The highest BCUT2D eigenvalue weighted by Gasteiger charge is 2.12. The first-order valence-corrected chi connectivity index (χ1v) is 6.46. The molecular weight excluding hydrogens is 228 g/mol. The van der Waals surface area contributed by atoms with Crippen LogP contribution < -0.4 is 5.32 Å². The molecule has 0 aliphatic heterocycles. The molecule has 0 aliphatic rings. The zero-order chi connectivity index (χ0) is 12.2. The summed E-state index contributed by atoms with van der Waals surface area (Å²) in [7, 11) is -0.124. The fourth-order valence-electron chi connectivity index (χ4n) is 1.04. The number of hydrogen-bond acceptors (Lipinski definition) is 5. The lowest BCUT2D eigenvalue weighted by molar-refractivity contribution is 0.521. The molecule has 0 aromatic carbocycles. The molecule has 1 rings (SSSR count). The van der Waals surface area contributed by atoms with E-state index in [4.69, 9.17) is 0 Å². The molecule has 0 aliphatic carbocycles. The third-order valence-electron chi connectivity index (χ3n) is 2.01. The molecule has 1 heterocycles. The van der Waals surface area contributed by atoms with Gasteiger partial charge >= 0.3 is 0 Å². The molecule has 7 heteroatoms. The Kier molecular flexibility index (Phi) is 4.19. The molecule has 0 atom stereocenters. The summed E-state index contributed by atoms with van der Waals surface area (Å²) >= 11 is 0. The van der Waals surface area contributed by atoms with E-state index in [1.807, 2.05) is 13.0 Å². The molecule has 90 valence electrons. The van der Waals surface area contributed by atoms with Crippen molar-refractivity contribution in [1.29, 1.82) is 0 Å². The fourth-order valence-corrected chi connectivity index (χ4v) is 1.77. The average Bonchev–Trinajstić information content (AvgIpc) is 2.17. The van der Waals surface area contributed by atoms with E-state index < -0.39 is 10.0 Å². The van der Waals surface area contributed by atoms with Gasteiger partial charge in [-0.2, -0.15) is 5.10 Å². The van der Waals surface area contributed by atoms with E-state index in [-0.39, 0.29) is 5.75 Å². The van der Waals surface area contributed by atoms with Gasteiger partial charge in [-0.15, -0.1) is 5.10 Å². The van der Waals surface area contributed by atoms with Gasteiger partial charge in [0.05, 0.1) is 11.9 Å². The Hall–Kier alpha value is -1.21. The van der Waals surface area contributed by atoms with E-state index in [2.05, 4.69) is 15.5 Å². The minimum Gasteiger partial charge on any atom is -0.368 e. The van der Waals surface area contributed by atoms with Gasteiger partial charge < -0.3 is 5.32 Å². The Morgan fingerprint density at radius 2 is 2.12 bits per heavy atom. The van der Waals surface area contributed by atoms with E-state index in [0.717, 1.165) is 5.56 Å². The molecule has 0 saturated heterocycles. The van der Waals surface area contributed by atoms with Gasteiger partial charge in [0, 0.05) is 20.6 Å². The summed E-state index contributed by atoms with van der Waals surface area (Å²) in [6.07, 6.45) is 1.64. The lowest BCUT2D eigenvalue weighted by Crippen LogP contribution is -2.28. The lowest BCUT2D eigenvalue weighted by Gasteiger charge is -2.11.